The molecule has 0 unspecified atom stereocenters. The number of nitrogen functional groups attached to an aromatic ring is 1. The van der Waals surface area contributed by atoms with E-state index in [1.54, 1.807) is 0 Å². The van der Waals surface area contributed by atoms with Crippen LogP contribution in [0.5, 0.6) is 0 Å². The lowest BCUT2D eigenvalue weighted by molar-refractivity contribution is 0.791. The maximum Gasteiger partial charge on any atom is 0.218 e. The molecule has 0 fully saturated rings. The molecule has 3 N–H and O–H groups in total. The SMILES string of the molecule is CCn1c(NN)nc2c(Br)cccc21. The van der Waals surface area contributed by atoms with E-state index in [1.165, 1.54) is 0 Å². The first-order valence-corrected chi connectivity index (χ1v) is 5.18. The highest BCUT2D eigenvalue weighted by Crippen LogP contribution is 2.25. The van der Waals surface area contributed by atoms with Crippen molar-refractivity contribution < 1.29 is 0 Å². The van der Waals surface area contributed by atoms with Gasteiger partial charge in [0.2, 0.25) is 5.95 Å². The van der Waals surface area contributed by atoms with Crippen LogP contribution in [0.15, 0.2) is 22.7 Å². The molecule has 74 valence electrons. The molecule has 5 heteroatoms. The fourth-order valence-corrected chi connectivity index (χ4v) is 1.99. The van der Waals surface area contributed by atoms with Crippen LogP contribution < -0.4 is 11.3 Å². The number of para-hydroxylation sites is 1. The summed E-state index contributed by atoms with van der Waals surface area (Å²) in [5.41, 5.74) is 4.61. The van der Waals surface area contributed by atoms with Gasteiger partial charge in [-0.15, -0.1) is 0 Å². The Morgan fingerprint density at radius 2 is 2.36 bits per heavy atom. The average molecular weight is 255 g/mol. The minimum absolute atomic E-state index is 0.689. The molecule has 0 bridgehead atoms. The van der Waals surface area contributed by atoms with Crippen molar-refractivity contribution in [2.45, 2.75) is 13.5 Å². The molecule has 0 aliphatic heterocycles. The first kappa shape index (κ1) is 9.48. The summed E-state index contributed by atoms with van der Waals surface area (Å²) in [6.07, 6.45) is 0. The maximum absolute atomic E-state index is 5.39. The summed E-state index contributed by atoms with van der Waals surface area (Å²) in [7, 11) is 0. The number of anilines is 1. The van der Waals surface area contributed by atoms with Gasteiger partial charge in [0.15, 0.2) is 0 Å². The quantitative estimate of drug-likeness (QED) is 0.638. The molecule has 0 amide bonds. The zero-order chi connectivity index (χ0) is 10.1. The Labute approximate surface area is 90.2 Å². The Kier molecular flexibility index (Phi) is 2.43. The molecule has 0 saturated carbocycles. The number of hydrogen-bond acceptors (Lipinski definition) is 3. The van der Waals surface area contributed by atoms with Gasteiger partial charge in [-0.1, -0.05) is 6.07 Å². The fraction of sp³-hybridized carbons (Fsp3) is 0.222. The van der Waals surface area contributed by atoms with Gasteiger partial charge in [0, 0.05) is 11.0 Å². The number of aryl methyl sites for hydroxylation is 1. The molecule has 14 heavy (non-hydrogen) atoms. The van der Waals surface area contributed by atoms with Crippen LogP contribution in [0.2, 0.25) is 0 Å². The van der Waals surface area contributed by atoms with Crippen molar-refractivity contribution in [1.82, 2.24) is 9.55 Å². The van der Waals surface area contributed by atoms with Crippen LogP contribution in [0.3, 0.4) is 0 Å². The molecule has 0 saturated heterocycles. The largest absolute Gasteiger partial charge is 0.309 e. The first-order chi connectivity index (χ1) is 6.77. The van der Waals surface area contributed by atoms with Crippen LogP contribution in [0, 0.1) is 0 Å². The van der Waals surface area contributed by atoms with E-state index in [1.807, 2.05) is 22.8 Å². The van der Waals surface area contributed by atoms with Crippen LogP contribution in [0.1, 0.15) is 6.92 Å². The fourth-order valence-electron chi connectivity index (χ4n) is 1.54. The van der Waals surface area contributed by atoms with Crippen molar-refractivity contribution in [2.24, 2.45) is 5.84 Å². The van der Waals surface area contributed by atoms with Crippen molar-refractivity contribution in [2.75, 3.05) is 5.43 Å². The van der Waals surface area contributed by atoms with E-state index in [4.69, 9.17) is 5.84 Å². The predicted octanol–water partition coefficient (Wildman–Crippen LogP) is 2.10. The van der Waals surface area contributed by atoms with Gasteiger partial charge < -0.3 is 4.57 Å². The van der Waals surface area contributed by atoms with Gasteiger partial charge in [-0.3, -0.25) is 5.43 Å². The van der Waals surface area contributed by atoms with E-state index in [2.05, 4.69) is 33.3 Å². The first-order valence-electron chi connectivity index (χ1n) is 4.39. The Balaban J connectivity index is 2.79. The van der Waals surface area contributed by atoms with Crippen LogP contribution in [-0.2, 0) is 6.54 Å². The second-order valence-electron chi connectivity index (χ2n) is 2.93. The number of nitrogens with two attached hydrogens (primary N) is 1. The van der Waals surface area contributed by atoms with E-state index < -0.39 is 0 Å². The maximum atomic E-state index is 5.39. The van der Waals surface area contributed by atoms with Crippen LogP contribution >= 0.6 is 15.9 Å². The highest BCUT2D eigenvalue weighted by molar-refractivity contribution is 9.10. The molecule has 0 radical (unpaired) electrons. The normalized spacial score (nSPS) is 10.8. The number of hydrazine groups is 1. The number of nitrogens with zero attached hydrogens (tertiary/aromatic N) is 2. The third-order valence-electron chi connectivity index (χ3n) is 2.17. The number of rotatable bonds is 2. The number of halogens is 1. The molecule has 0 aliphatic rings. The summed E-state index contributed by atoms with van der Waals surface area (Å²) in [4.78, 5) is 4.38. The smallest absolute Gasteiger partial charge is 0.218 e. The van der Waals surface area contributed by atoms with Crippen molar-refractivity contribution >= 4 is 32.9 Å². The average Bonchev–Trinajstić information content (AvgIpc) is 2.57. The van der Waals surface area contributed by atoms with Crippen LogP contribution in [-0.4, -0.2) is 9.55 Å². The van der Waals surface area contributed by atoms with Crippen molar-refractivity contribution in [3.05, 3.63) is 22.7 Å². The number of nitrogens with one attached hydrogen (secondary N) is 1. The third-order valence-corrected chi connectivity index (χ3v) is 2.81. The summed E-state index contributed by atoms with van der Waals surface area (Å²) >= 11 is 3.46. The monoisotopic (exact) mass is 254 g/mol. The standard InChI is InChI=1S/C9H11BrN4/c1-2-14-7-5-3-4-6(10)8(7)12-9(14)13-11/h3-5H,2,11H2,1H3,(H,12,13). The summed E-state index contributed by atoms with van der Waals surface area (Å²) in [6.45, 7) is 2.90. The Morgan fingerprint density at radius 1 is 1.57 bits per heavy atom. The third kappa shape index (κ3) is 1.29. The van der Waals surface area contributed by atoms with Gasteiger partial charge in [-0.05, 0) is 35.0 Å². The molecule has 0 atom stereocenters. The molecule has 4 nitrogen and oxygen atoms in total. The zero-order valence-electron chi connectivity index (χ0n) is 7.79. The van der Waals surface area contributed by atoms with E-state index in [-0.39, 0.29) is 0 Å². The summed E-state index contributed by atoms with van der Waals surface area (Å²) in [5, 5.41) is 0. The van der Waals surface area contributed by atoms with Crippen molar-refractivity contribution in [3.63, 3.8) is 0 Å². The van der Waals surface area contributed by atoms with Crippen molar-refractivity contribution in [3.8, 4) is 0 Å². The molecule has 0 spiro atoms. The van der Waals surface area contributed by atoms with Gasteiger partial charge >= 0.3 is 0 Å². The topological polar surface area (TPSA) is 55.9 Å². The van der Waals surface area contributed by atoms with E-state index in [0.717, 1.165) is 22.1 Å². The van der Waals surface area contributed by atoms with Gasteiger partial charge in [0.25, 0.3) is 0 Å². The highest BCUT2D eigenvalue weighted by atomic mass is 79.9. The minimum atomic E-state index is 0.689. The predicted molar refractivity (Wildman–Crippen MR) is 60.9 cm³/mol. The number of benzene rings is 1. The second kappa shape index (κ2) is 3.59. The summed E-state index contributed by atoms with van der Waals surface area (Å²) in [5.74, 6) is 6.08. The molecule has 1 aromatic heterocycles. The highest BCUT2D eigenvalue weighted by Gasteiger charge is 2.09. The minimum Gasteiger partial charge on any atom is -0.309 e. The molecular formula is C9H11BrN4. The van der Waals surface area contributed by atoms with Gasteiger partial charge in [0.05, 0.1) is 5.52 Å². The van der Waals surface area contributed by atoms with Crippen molar-refractivity contribution in [1.29, 1.82) is 0 Å². The van der Waals surface area contributed by atoms with Gasteiger partial charge in [-0.25, -0.2) is 10.8 Å². The molecule has 1 heterocycles. The number of fused-ring (bicyclic) bond motifs is 1. The van der Waals surface area contributed by atoms with E-state index in [0.29, 0.717) is 5.95 Å². The zero-order valence-corrected chi connectivity index (χ0v) is 9.37. The lowest BCUT2D eigenvalue weighted by atomic mass is 10.3. The van der Waals surface area contributed by atoms with Gasteiger partial charge in [-0.2, -0.15) is 0 Å². The Bertz CT molecular complexity index is 463. The van der Waals surface area contributed by atoms with E-state index >= 15 is 0 Å². The lowest BCUT2D eigenvalue weighted by Gasteiger charge is -2.03. The Morgan fingerprint density at radius 3 is 3.00 bits per heavy atom. The lowest BCUT2D eigenvalue weighted by Crippen LogP contribution is -2.12. The molecule has 2 aromatic rings. The summed E-state index contributed by atoms with van der Waals surface area (Å²) in [6, 6.07) is 5.98. The summed E-state index contributed by atoms with van der Waals surface area (Å²) < 4.78 is 3.01. The molecule has 2 rings (SSSR count). The van der Waals surface area contributed by atoms with Crippen LogP contribution in [0.4, 0.5) is 5.95 Å². The molecule has 0 aliphatic carbocycles. The van der Waals surface area contributed by atoms with Crippen LogP contribution in [0.25, 0.3) is 11.0 Å². The number of hydrogen-bond donors (Lipinski definition) is 2. The van der Waals surface area contributed by atoms with E-state index in [9.17, 15) is 0 Å². The number of imidazole rings is 1. The number of aromatic nitrogens is 2. The molecular weight excluding hydrogens is 244 g/mol. The molecule has 1 aromatic carbocycles. The Hall–Kier alpha value is -1.07. The second-order valence-corrected chi connectivity index (χ2v) is 3.79. The van der Waals surface area contributed by atoms with Gasteiger partial charge in [0.1, 0.15) is 5.52 Å².